The molecule has 1 aromatic rings. The van der Waals surface area contributed by atoms with Crippen molar-refractivity contribution in [3.63, 3.8) is 0 Å². The second kappa shape index (κ2) is 3.70. The van der Waals surface area contributed by atoms with Gasteiger partial charge in [-0.15, -0.1) is 0 Å². The van der Waals surface area contributed by atoms with Gasteiger partial charge in [-0.2, -0.15) is 0 Å². The lowest BCUT2D eigenvalue weighted by molar-refractivity contribution is -0.389. The summed E-state index contributed by atoms with van der Waals surface area (Å²) in [5, 5.41) is 10.1. The molecule has 0 saturated heterocycles. The summed E-state index contributed by atoms with van der Waals surface area (Å²) in [4.78, 5) is 15.9. The van der Waals surface area contributed by atoms with Crippen LogP contribution in [-0.4, -0.2) is 14.9 Å². The predicted octanol–water partition coefficient (Wildman–Crippen LogP) is 1.52. The van der Waals surface area contributed by atoms with Crippen LogP contribution < -0.4 is 0 Å². The Bertz CT molecular complexity index is 244. The highest BCUT2D eigenvalue weighted by Crippen LogP contribution is 2.05. The van der Waals surface area contributed by atoms with Gasteiger partial charge in [-0.1, -0.05) is 14.4 Å². The highest BCUT2D eigenvalue weighted by atomic mass is 16.6. The number of rotatable bonds is 2. The Morgan fingerprint density at radius 3 is 2.73 bits per heavy atom. The number of hydrogen-bond donors (Lipinski definition) is 1. The van der Waals surface area contributed by atoms with E-state index >= 15 is 0 Å². The quantitative estimate of drug-likeness (QED) is 0.522. The zero-order valence-electron chi connectivity index (χ0n) is 5.50. The lowest BCUT2D eigenvalue weighted by Crippen LogP contribution is -1.87. The first-order valence-electron chi connectivity index (χ1n) is 2.92. The number of hydrogen-bond acceptors (Lipinski definition) is 3. The highest BCUT2D eigenvalue weighted by molar-refractivity contribution is 5.14. The number of nitrogens with zero attached hydrogens (tertiary/aromatic N) is 2. The Hall–Kier alpha value is -1.39. The van der Waals surface area contributed by atoms with E-state index in [2.05, 4.69) is 9.97 Å². The SMILES string of the molecule is C.CCc1ncc([N+](=O)[O-])[nH]1. The molecule has 62 valence electrons. The molecule has 5 nitrogen and oxygen atoms in total. The van der Waals surface area contributed by atoms with Gasteiger partial charge in [0.25, 0.3) is 0 Å². The number of imidazole rings is 1. The van der Waals surface area contributed by atoms with Crippen molar-refractivity contribution in [3.8, 4) is 0 Å². The van der Waals surface area contributed by atoms with Gasteiger partial charge in [0.1, 0.15) is 6.20 Å². The predicted molar refractivity (Wildman–Crippen MR) is 41.4 cm³/mol. The minimum Gasteiger partial charge on any atom is -0.358 e. The third-order valence-electron chi connectivity index (χ3n) is 1.15. The Morgan fingerprint density at radius 2 is 2.45 bits per heavy atom. The summed E-state index contributed by atoms with van der Waals surface area (Å²) in [6, 6.07) is 0. The van der Waals surface area contributed by atoms with Crippen molar-refractivity contribution in [1.82, 2.24) is 9.97 Å². The molecule has 0 aliphatic heterocycles. The van der Waals surface area contributed by atoms with Crippen LogP contribution in [0, 0.1) is 10.1 Å². The normalized spacial score (nSPS) is 8.82. The summed E-state index contributed by atoms with van der Waals surface area (Å²) >= 11 is 0. The van der Waals surface area contributed by atoms with Gasteiger partial charge in [-0.25, -0.2) is 9.97 Å². The summed E-state index contributed by atoms with van der Waals surface area (Å²) in [6.45, 7) is 1.88. The Kier molecular flexibility index (Phi) is 3.23. The van der Waals surface area contributed by atoms with E-state index in [1.807, 2.05) is 6.92 Å². The number of aromatic nitrogens is 2. The van der Waals surface area contributed by atoms with Crippen molar-refractivity contribution in [3.05, 3.63) is 22.1 Å². The highest BCUT2D eigenvalue weighted by Gasteiger charge is 2.06. The zero-order valence-corrected chi connectivity index (χ0v) is 5.50. The summed E-state index contributed by atoms with van der Waals surface area (Å²) in [5.74, 6) is 0.601. The topological polar surface area (TPSA) is 71.8 Å². The summed E-state index contributed by atoms with van der Waals surface area (Å²) < 4.78 is 0. The fourth-order valence-electron chi connectivity index (χ4n) is 0.624. The molecule has 0 aliphatic rings. The minimum absolute atomic E-state index is 0. The molecule has 0 amide bonds. The van der Waals surface area contributed by atoms with E-state index in [1.165, 1.54) is 6.20 Å². The van der Waals surface area contributed by atoms with Gasteiger partial charge in [-0.05, 0) is 4.92 Å². The number of nitro groups is 1. The summed E-state index contributed by atoms with van der Waals surface area (Å²) in [7, 11) is 0. The van der Waals surface area contributed by atoms with E-state index < -0.39 is 4.92 Å². The van der Waals surface area contributed by atoms with Crippen molar-refractivity contribution in [2.24, 2.45) is 0 Å². The smallest absolute Gasteiger partial charge is 0.340 e. The second-order valence-corrected chi connectivity index (χ2v) is 1.83. The molecule has 0 aliphatic carbocycles. The van der Waals surface area contributed by atoms with Crippen LogP contribution in [0.15, 0.2) is 6.20 Å². The first-order valence-corrected chi connectivity index (χ1v) is 2.92. The maximum atomic E-state index is 10.1. The van der Waals surface area contributed by atoms with E-state index in [0.717, 1.165) is 0 Å². The van der Waals surface area contributed by atoms with E-state index in [4.69, 9.17) is 0 Å². The first kappa shape index (κ1) is 9.61. The zero-order chi connectivity index (χ0) is 7.56. The molecule has 0 aromatic carbocycles. The van der Waals surface area contributed by atoms with E-state index in [-0.39, 0.29) is 13.2 Å². The maximum Gasteiger partial charge on any atom is 0.340 e. The molecule has 0 saturated carbocycles. The van der Waals surface area contributed by atoms with Crippen molar-refractivity contribution in [2.45, 2.75) is 20.8 Å². The fraction of sp³-hybridized carbons (Fsp3) is 0.500. The van der Waals surface area contributed by atoms with E-state index in [0.29, 0.717) is 12.2 Å². The van der Waals surface area contributed by atoms with Crippen LogP contribution in [0.3, 0.4) is 0 Å². The average Bonchev–Trinajstić information content (AvgIpc) is 2.34. The molecule has 0 radical (unpaired) electrons. The molecule has 0 atom stereocenters. The van der Waals surface area contributed by atoms with Gasteiger partial charge >= 0.3 is 5.82 Å². The lowest BCUT2D eigenvalue weighted by atomic mass is 10.5. The van der Waals surface area contributed by atoms with Crippen molar-refractivity contribution < 1.29 is 4.92 Å². The summed E-state index contributed by atoms with van der Waals surface area (Å²) in [6.07, 6.45) is 1.91. The van der Waals surface area contributed by atoms with Gasteiger partial charge < -0.3 is 10.1 Å². The number of aromatic amines is 1. The Labute approximate surface area is 64.6 Å². The van der Waals surface area contributed by atoms with Crippen LogP contribution in [0.1, 0.15) is 20.2 Å². The molecule has 5 heteroatoms. The van der Waals surface area contributed by atoms with Crippen LogP contribution >= 0.6 is 0 Å². The van der Waals surface area contributed by atoms with Crippen LogP contribution in [0.5, 0.6) is 0 Å². The largest absolute Gasteiger partial charge is 0.358 e. The van der Waals surface area contributed by atoms with Gasteiger partial charge in [0, 0.05) is 6.42 Å². The van der Waals surface area contributed by atoms with Crippen LogP contribution in [0.4, 0.5) is 5.82 Å². The third kappa shape index (κ3) is 2.03. The molecule has 0 fully saturated rings. The third-order valence-corrected chi connectivity index (χ3v) is 1.15. The lowest BCUT2D eigenvalue weighted by Gasteiger charge is -1.84. The molecule has 11 heavy (non-hydrogen) atoms. The van der Waals surface area contributed by atoms with Gasteiger partial charge in [0.2, 0.25) is 0 Å². The molecule has 1 N–H and O–H groups in total. The minimum atomic E-state index is -0.494. The fourth-order valence-corrected chi connectivity index (χ4v) is 0.624. The summed E-state index contributed by atoms with van der Waals surface area (Å²) in [5.41, 5.74) is 0. The van der Waals surface area contributed by atoms with Crippen LogP contribution in [-0.2, 0) is 6.42 Å². The molecular weight excluding hydrogens is 146 g/mol. The van der Waals surface area contributed by atoms with E-state index in [9.17, 15) is 10.1 Å². The first-order chi connectivity index (χ1) is 4.74. The van der Waals surface area contributed by atoms with Crippen molar-refractivity contribution >= 4 is 5.82 Å². The van der Waals surface area contributed by atoms with Crippen molar-refractivity contribution in [2.75, 3.05) is 0 Å². The molecule has 1 aromatic heterocycles. The molecule has 0 unspecified atom stereocenters. The monoisotopic (exact) mass is 157 g/mol. The van der Waals surface area contributed by atoms with E-state index in [1.54, 1.807) is 0 Å². The van der Waals surface area contributed by atoms with Gasteiger partial charge in [0.15, 0.2) is 5.82 Å². The average molecular weight is 157 g/mol. The van der Waals surface area contributed by atoms with Crippen LogP contribution in [0.25, 0.3) is 0 Å². The van der Waals surface area contributed by atoms with Gasteiger partial charge in [-0.3, -0.25) is 0 Å². The van der Waals surface area contributed by atoms with Gasteiger partial charge in [0.05, 0.1) is 0 Å². The molecule has 1 heterocycles. The standard InChI is InChI=1S/C5H7N3O2.CH4/c1-2-4-6-3-5(7-4)8(9)10;/h3H,2H2,1H3,(H,6,7);1H4. The molecular formula is C6H11N3O2. The number of aryl methyl sites for hydroxylation is 1. The van der Waals surface area contributed by atoms with Crippen LogP contribution in [0.2, 0.25) is 0 Å². The maximum absolute atomic E-state index is 10.1. The van der Waals surface area contributed by atoms with Crippen molar-refractivity contribution in [1.29, 1.82) is 0 Å². The number of nitrogens with one attached hydrogen (secondary N) is 1. The molecule has 1 rings (SSSR count). The Morgan fingerprint density at radius 1 is 1.82 bits per heavy atom. The molecule has 0 bridgehead atoms. The second-order valence-electron chi connectivity index (χ2n) is 1.83. The Balaban J connectivity index is 0.000001000. The number of H-pyrrole nitrogens is 1. The molecule has 0 spiro atoms.